The van der Waals surface area contributed by atoms with E-state index >= 15 is 0 Å². The Morgan fingerprint density at radius 3 is 2.21 bits per heavy atom. The summed E-state index contributed by atoms with van der Waals surface area (Å²) in [5, 5.41) is 0. The van der Waals surface area contributed by atoms with E-state index in [1.165, 1.54) is 5.56 Å². The number of nitrogens with two attached hydrogens (primary N) is 3. The summed E-state index contributed by atoms with van der Waals surface area (Å²) in [4.78, 5) is 11.0. The second kappa shape index (κ2) is 12.0. The fourth-order valence-electron chi connectivity index (χ4n) is 1.82. The summed E-state index contributed by atoms with van der Waals surface area (Å²) in [6, 6.07) is 9.67. The molecular weight excluding hydrogens is 330 g/mol. The topological polar surface area (TPSA) is 138 Å². The Morgan fingerprint density at radius 1 is 1.17 bits per heavy atom. The van der Waals surface area contributed by atoms with Gasteiger partial charge in [0.05, 0.1) is 6.26 Å². The molecule has 0 aliphatic rings. The summed E-state index contributed by atoms with van der Waals surface area (Å²) in [6.07, 6.45) is 3.58. The molecule has 0 aliphatic carbocycles. The predicted octanol–water partition coefficient (Wildman–Crippen LogP) is 0.522. The first kappa shape index (κ1) is 22.5. The van der Waals surface area contributed by atoms with Crippen LogP contribution in [0.4, 0.5) is 0 Å². The van der Waals surface area contributed by atoms with Crippen molar-refractivity contribution in [2.75, 3.05) is 12.8 Å². The smallest absolute Gasteiger partial charge is 0.338 e. The molecule has 1 aromatic rings. The molecule has 0 aliphatic heterocycles. The van der Waals surface area contributed by atoms with Crippen molar-refractivity contribution in [3.63, 3.8) is 0 Å². The average molecular weight is 359 g/mol. The first-order valence-electron chi connectivity index (χ1n) is 7.84. The van der Waals surface area contributed by atoms with Gasteiger partial charge in [0.25, 0.3) is 0 Å². The molecule has 0 saturated carbocycles. The van der Waals surface area contributed by atoms with E-state index in [0.717, 1.165) is 19.1 Å². The van der Waals surface area contributed by atoms with Gasteiger partial charge in [-0.2, -0.15) is 8.42 Å². The lowest BCUT2D eigenvalue weighted by atomic mass is 10.1. The Kier molecular flexibility index (Phi) is 11.2. The van der Waals surface area contributed by atoms with Crippen LogP contribution in [0.1, 0.15) is 31.7 Å². The van der Waals surface area contributed by atoms with E-state index in [2.05, 4.69) is 16.3 Å². The third kappa shape index (κ3) is 13.0. The minimum Gasteiger partial charge on any atom is -0.344 e. The molecule has 0 bridgehead atoms. The van der Waals surface area contributed by atoms with Crippen LogP contribution in [0.15, 0.2) is 30.3 Å². The van der Waals surface area contributed by atoms with Crippen molar-refractivity contribution in [1.82, 2.24) is 0 Å². The molecule has 0 fully saturated rings. The van der Waals surface area contributed by atoms with Crippen molar-refractivity contribution < 1.29 is 17.4 Å². The number of unbranched alkanes of at least 4 members (excludes halogenated alkanes) is 1. The fraction of sp³-hybridized carbons (Fsp3) is 0.562. The van der Waals surface area contributed by atoms with Crippen LogP contribution >= 0.6 is 0 Å². The minimum absolute atomic E-state index is 0.266. The van der Waals surface area contributed by atoms with E-state index in [4.69, 9.17) is 17.2 Å². The lowest BCUT2D eigenvalue weighted by molar-refractivity contribution is -0.135. The second-order valence-electron chi connectivity index (χ2n) is 5.66. The summed E-state index contributed by atoms with van der Waals surface area (Å²) < 4.78 is 25.2. The molecule has 6 N–H and O–H groups in total. The predicted molar refractivity (Wildman–Crippen MR) is 95.6 cm³/mol. The molecule has 24 heavy (non-hydrogen) atoms. The van der Waals surface area contributed by atoms with Crippen molar-refractivity contribution in [3.8, 4) is 0 Å². The van der Waals surface area contributed by atoms with Gasteiger partial charge in [0.2, 0.25) is 0 Å². The first-order chi connectivity index (χ1) is 11.2. The van der Waals surface area contributed by atoms with Gasteiger partial charge in [0.1, 0.15) is 6.04 Å². The van der Waals surface area contributed by atoms with Gasteiger partial charge < -0.3 is 21.4 Å². The van der Waals surface area contributed by atoms with Crippen molar-refractivity contribution in [3.05, 3.63) is 35.9 Å². The standard InChI is InChI=1S/C9H13N.C7H16N2O4S/c1-8(10)7-9-5-3-2-4-6-9;1-14(11,12)13-7(10)6(9)4-2-3-5-8/h2-6,8H,7,10H2,1H3;6H,2-5,8-9H2,1H3/t;6-/m.0/s1. The number of benzene rings is 1. The molecule has 8 heteroatoms. The first-order valence-corrected chi connectivity index (χ1v) is 9.65. The van der Waals surface area contributed by atoms with Gasteiger partial charge in [-0.1, -0.05) is 36.8 Å². The number of carbonyl (C=O) groups excluding carboxylic acids is 1. The highest BCUT2D eigenvalue weighted by Crippen LogP contribution is 2.02. The van der Waals surface area contributed by atoms with Crippen molar-refractivity contribution in [2.24, 2.45) is 17.2 Å². The molecule has 1 rings (SSSR count). The molecule has 1 aromatic carbocycles. The van der Waals surface area contributed by atoms with Gasteiger partial charge in [-0.25, -0.2) is 4.79 Å². The Balaban J connectivity index is 0.000000463. The van der Waals surface area contributed by atoms with Crippen LogP contribution < -0.4 is 17.2 Å². The fourth-order valence-corrected chi connectivity index (χ4v) is 2.25. The highest BCUT2D eigenvalue weighted by molar-refractivity contribution is 7.86. The maximum atomic E-state index is 11.0. The zero-order valence-electron chi connectivity index (χ0n) is 14.4. The summed E-state index contributed by atoms with van der Waals surface area (Å²) in [7, 11) is -3.75. The molecule has 0 saturated heterocycles. The molecule has 1 unspecified atom stereocenters. The van der Waals surface area contributed by atoms with E-state index in [1.54, 1.807) is 0 Å². The lowest BCUT2D eigenvalue weighted by Gasteiger charge is -2.08. The molecule has 0 aromatic heterocycles. The molecule has 138 valence electrons. The van der Waals surface area contributed by atoms with Crippen molar-refractivity contribution in [1.29, 1.82) is 0 Å². The van der Waals surface area contributed by atoms with Crippen LogP contribution in [0, 0.1) is 0 Å². The van der Waals surface area contributed by atoms with Crippen LogP contribution in [-0.2, 0) is 25.5 Å². The van der Waals surface area contributed by atoms with Crippen LogP contribution in [0.3, 0.4) is 0 Å². The Hall–Kier alpha value is -1.48. The molecule has 0 radical (unpaired) electrons. The lowest BCUT2D eigenvalue weighted by Crippen LogP contribution is -2.33. The van der Waals surface area contributed by atoms with Crippen LogP contribution in [0.25, 0.3) is 0 Å². The van der Waals surface area contributed by atoms with E-state index in [1.807, 2.05) is 25.1 Å². The number of hydrogen-bond donors (Lipinski definition) is 3. The third-order valence-corrected chi connectivity index (χ3v) is 3.37. The third-order valence-electron chi connectivity index (χ3n) is 2.91. The maximum absolute atomic E-state index is 11.0. The van der Waals surface area contributed by atoms with E-state index in [9.17, 15) is 13.2 Å². The Bertz CT molecular complexity index is 562. The summed E-state index contributed by atoms with van der Waals surface area (Å²) in [5.41, 5.74) is 17.6. The van der Waals surface area contributed by atoms with E-state index in [0.29, 0.717) is 19.4 Å². The molecule has 0 spiro atoms. The Labute approximate surface area is 144 Å². The maximum Gasteiger partial charge on any atom is 0.338 e. The molecular formula is C16H29N3O4S. The average Bonchev–Trinajstić information content (AvgIpc) is 2.46. The highest BCUT2D eigenvalue weighted by Gasteiger charge is 2.18. The summed E-state index contributed by atoms with van der Waals surface area (Å²) in [5.74, 6) is -0.912. The van der Waals surface area contributed by atoms with Crippen molar-refractivity contribution in [2.45, 2.75) is 44.7 Å². The molecule has 0 amide bonds. The number of hydrogen-bond acceptors (Lipinski definition) is 7. The number of rotatable bonds is 8. The van der Waals surface area contributed by atoms with Gasteiger partial charge in [-0.3, -0.25) is 0 Å². The van der Waals surface area contributed by atoms with Gasteiger partial charge in [-0.15, -0.1) is 0 Å². The molecule has 7 nitrogen and oxygen atoms in total. The van der Waals surface area contributed by atoms with E-state index < -0.39 is 22.1 Å². The van der Waals surface area contributed by atoms with Gasteiger partial charge in [0.15, 0.2) is 0 Å². The van der Waals surface area contributed by atoms with Gasteiger partial charge in [0, 0.05) is 6.04 Å². The van der Waals surface area contributed by atoms with Crippen LogP contribution in [0.2, 0.25) is 0 Å². The van der Waals surface area contributed by atoms with Gasteiger partial charge in [-0.05, 0) is 38.3 Å². The normalized spacial score (nSPS) is 13.4. The van der Waals surface area contributed by atoms with E-state index in [-0.39, 0.29) is 6.04 Å². The van der Waals surface area contributed by atoms with Crippen molar-refractivity contribution >= 4 is 16.1 Å². The highest BCUT2D eigenvalue weighted by atomic mass is 32.2. The quantitative estimate of drug-likeness (QED) is 0.454. The second-order valence-corrected chi connectivity index (χ2v) is 7.24. The Morgan fingerprint density at radius 2 is 1.75 bits per heavy atom. The summed E-state index contributed by atoms with van der Waals surface area (Å²) in [6.45, 7) is 2.54. The van der Waals surface area contributed by atoms with Crippen LogP contribution in [-0.4, -0.2) is 39.3 Å². The van der Waals surface area contributed by atoms with Gasteiger partial charge >= 0.3 is 16.1 Å². The zero-order chi connectivity index (χ0) is 18.6. The summed E-state index contributed by atoms with van der Waals surface area (Å²) >= 11 is 0. The zero-order valence-corrected chi connectivity index (χ0v) is 15.2. The monoisotopic (exact) mass is 359 g/mol. The molecule has 2 atom stereocenters. The van der Waals surface area contributed by atoms with Crippen LogP contribution in [0.5, 0.6) is 0 Å². The minimum atomic E-state index is -3.75. The largest absolute Gasteiger partial charge is 0.344 e. The number of carbonyl (C=O) groups is 1. The SMILES string of the molecule is CC(N)Cc1ccccc1.CS(=O)(=O)OC(=O)[C@@H](N)CCCCN. The molecule has 0 heterocycles.